The molecule has 51 heavy (non-hydrogen) atoms. The van der Waals surface area contributed by atoms with E-state index in [1.165, 1.54) is 44.5 Å². The van der Waals surface area contributed by atoms with E-state index < -0.39 is 0 Å². The van der Waals surface area contributed by atoms with Gasteiger partial charge in [-0.3, -0.25) is 4.79 Å². The topological polar surface area (TPSA) is 29.4 Å². The first-order valence-electron chi connectivity index (χ1n) is 17.8. The zero-order valence-corrected chi connectivity index (χ0v) is 29.9. The molecule has 1 aliphatic carbocycles. The second kappa shape index (κ2) is 13.1. The van der Waals surface area contributed by atoms with E-state index >= 15 is 0 Å². The van der Waals surface area contributed by atoms with E-state index in [9.17, 15) is 4.79 Å². The lowest BCUT2D eigenvalue weighted by Crippen LogP contribution is -2.13. The number of carbonyl (C=O) groups is 1. The molecule has 1 aliphatic rings. The van der Waals surface area contributed by atoms with Gasteiger partial charge in [0, 0.05) is 28.3 Å². The molecule has 0 aromatic heterocycles. The maximum Gasteiger partial charge on any atom is 0.212 e. The van der Waals surface area contributed by atoms with Crippen molar-refractivity contribution in [3.05, 3.63) is 218 Å². The van der Waals surface area contributed by atoms with E-state index in [1.54, 1.807) is 0 Å². The molecular weight excluding hydrogens is 619 g/mol. The maximum atomic E-state index is 14.4. The standard InChI is InChI=1S/C49H41NO/c1-30-12-20-36(21-13-30)44(37-22-14-31(2)15-23-37)42-28-34(5)29-43(45(38-24-16-32(3)17-25-38)39-26-18-33(4)19-27-39)47(42)50-48-40-10-6-8-35-9-7-11-41(46(35)40)49(48)51/h6-29,44-45H,1-5H3. The summed E-state index contributed by atoms with van der Waals surface area (Å²) < 4.78 is 0. The molecule has 0 radical (unpaired) electrons. The van der Waals surface area contributed by atoms with Crippen molar-refractivity contribution in [2.24, 2.45) is 4.99 Å². The minimum atomic E-state index is -0.115. The van der Waals surface area contributed by atoms with Crippen molar-refractivity contribution >= 4 is 28.0 Å². The minimum Gasteiger partial charge on any atom is -0.287 e. The third-order valence-corrected chi connectivity index (χ3v) is 10.4. The quantitative estimate of drug-likeness (QED) is 0.157. The normalized spacial score (nSPS) is 13.2. The Kier molecular flexibility index (Phi) is 8.32. The summed E-state index contributed by atoms with van der Waals surface area (Å²) in [5.41, 5.74) is 15.9. The summed E-state index contributed by atoms with van der Waals surface area (Å²) in [4.78, 5) is 20.0. The Labute approximate surface area is 301 Å². The summed E-state index contributed by atoms with van der Waals surface area (Å²) in [6, 6.07) is 52.2. The van der Waals surface area contributed by atoms with E-state index in [0.29, 0.717) is 5.71 Å². The molecule has 0 saturated carbocycles. The van der Waals surface area contributed by atoms with Crippen molar-refractivity contribution in [2.75, 3.05) is 0 Å². The number of ketones is 1. The van der Waals surface area contributed by atoms with E-state index in [4.69, 9.17) is 4.99 Å². The van der Waals surface area contributed by atoms with Crippen LogP contribution >= 0.6 is 0 Å². The highest BCUT2D eigenvalue weighted by Crippen LogP contribution is 2.46. The number of hydrogen-bond donors (Lipinski definition) is 0. The number of aliphatic imine (C=N–C) groups is 1. The van der Waals surface area contributed by atoms with Gasteiger partial charge in [0.05, 0.1) is 5.69 Å². The zero-order chi connectivity index (χ0) is 35.2. The summed E-state index contributed by atoms with van der Waals surface area (Å²) >= 11 is 0. The van der Waals surface area contributed by atoms with Gasteiger partial charge in [0.25, 0.3) is 0 Å². The third kappa shape index (κ3) is 6.02. The average molecular weight is 660 g/mol. The smallest absolute Gasteiger partial charge is 0.212 e. The Morgan fingerprint density at radius 2 is 0.804 bits per heavy atom. The van der Waals surface area contributed by atoms with Crippen LogP contribution in [-0.2, 0) is 0 Å². The van der Waals surface area contributed by atoms with Gasteiger partial charge in [-0.1, -0.05) is 173 Å². The van der Waals surface area contributed by atoms with Crippen LogP contribution < -0.4 is 0 Å². The van der Waals surface area contributed by atoms with Crippen molar-refractivity contribution in [1.29, 1.82) is 0 Å². The molecule has 0 unspecified atom stereocenters. The SMILES string of the molecule is Cc1ccc(C(c2ccc(C)cc2)c2cc(C)cc(C(c3ccc(C)cc3)c3ccc(C)cc3)c2N=C2C(=O)c3cccc4cccc2c34)cc1. The number of benzene rings is 7. The number of carbonyl (C=O) groups excluding carboxylic acids is 1. The summed E-state index contributed by atoms with van der Waals surface area (Å²) in [5, 5.41) is 2.04. The third-order valence-electron chi connectivity index (χ3n) is 10.4. The highest BCUT2D eigenvalue weighted by atomic mass is 16.1. The first-order chi connectivity index (χ1) is 24.7. The molecule has 0 atom stereocenters. The predicted octanol–water partition coefficient (Wildman–Crippen LogP) is 12.1. The van der Waals surface area contributed by atoms with Gasteiger partial charge in [-0.15, -0.1) is 0 Å². The lowest BCUT2D eigenvalue weighted by molar-refractivity contribution is 0.107. The van der Waals surface area contributed by atoms with Crippen molar-refractivity contribution in [3.8, 4) is 0 Å². The zero-order valence-electron chi connectivity index (χ0n) is 29.9. The summed E-state index contributed by atoms with van der Waals surface area (Å²) in [5.74, 6) is -0.255. The number of hydrogen-bond acceptors (Lipinski definition) is 2. The molecule has 7 aromatic carbocycles. The largest absolute Gasteiger partial charge is 0.287 e. The van der Waals surface area contributed by atoms with Crippen molar-refractivity contribution in [2.45, 2.75) is 46.5 Å². The van der Waals surface area contributed by atoms with Crippen LogP contribution in [-0.4, -0.2) is 11.5 Å². The van der Waals surface area contributed by atoms with Crippen LogP contribution in [0.4, 0.5) is 5.69 Å². The molecule has 0 spiro atoms. The predicted molar refractivity (Wildman–Crippen MR) is 212 cm³/mol. The van der Waals surface area contributed by atoms with Gasteiger partial charge in [-0.05, 0) is 73.4 Å². The Bertz CT molecular complexity index is 2240. The highest BCUT2D eigenvalue weighted by Gasteiger charge is 2.32. The molecule has 2 nitrogen and oxygen atoms in total. The van der Waals surface area contributed by atoms with Gasteiger partial charge in [0.1, 0.15) is 5.71 Å². The van der Waals surface area contributed by atoms with E-state index in [2.05, 4.69) is 162 Å². The molecule has 0 amide bonds. The molecule has 7 aromatic rings. The van der Waals surface area contributed by atoms with Crippen molar-refractivity contribution in [1.82, 2.24) is 0 Å². The first-order valence-corrected chi connectivity index (χ1v) is 17.8. The molecule has 8 rings (SSSR count). The maximum absolute atomic E-state index is 14.4. The lowest BCUT2D eigenvalue weighted by atomic mass is 9.78. The van der Waals surface area contributed by atoms with Crippen LogP contribution in [0.3, 0.4) is 0 Å². The van der Waals surface area contributed by atoms with Crippen LogP contribution in [0.25, 0.3) is 10.8 Å². The van der Waals surface area contributed by atoms with Gasteiger partial charge >= 0.3 is 0 Å². The molecule has 0 heterocycles. The Balaban J connectivity index is 1.48. The fourth-order valence-corrected chi connectivity index (χ4v) is 7.74. The summed E-state index contributed by atoms with van der Waals surface area (Å²) in [6.45, 7) is 10.7. The van der Waals surface area contributed by atoms with Crippen LogP contribution in [0.15, 0.2) is 151 Å². The fraction of sp³-hybridized carbons (Fsp3) is 0.143. The first kappa shape index (κ1) is 32.4. The van der Waals surface area contributed by atoms with E-state index in [1.807, 2.05) is 18.2 Å². The molecule has 0 aliphatic heterocycles. The summed E-state index contributed by atoms with van der Waals surface area (Å²) in [7, 11) is 0. The monoisotopic (exact) mass is 659 g/mol. The minimum absolute atomic E-state index is 0.0243. The summed E-state index contributed by atoms with van der Waals surface area (Å²) in [6.07, 6.45) is 0. The van der Waals surface area contributed by atoms with Crippen molar-refractivity contribution in [3.63, 3.8) is 0 Å². The van der Waals surface area contributed by atoms with Crippen LogP contribution in [0.5, 0.6) is 0 Å². The van der Waals surface area contributed by atoms with Crippen molar-refractivity contribution < 1.29 is 4.79 Å². The second-order valence-electron chi connectivity index (χ2n) is 14.3. The Hall–Kier alpha value is -5.86. The van der Waals surface area contributed by atoms with Gasteiger partial charge < -0.3 is 0 Å². The second-order valence-corrected chi connectivity index (χ2v) is 14.3. The highest BCUT2D eigenvalue weighted by molar-refractivity contribution is 6.59. The van der Waals surface area contributed by atoms with Gasteiger partial charge in [-0.25, -0.2) is 4.99 Å². The molecule has 0 N–H and O–H groups in total. The molecule has 0 fully saturated rings. The number of rotatable bonds is 7. The van der Waals surface area contributed by atoms with Crippen LogP contribution in [0.1, 0.15) is 89.0 Å². The van der Waals surface area contributed by atoms with Gasteiger partial charge in [0.2, 0.25) is 5.78 Å². The Morgan fingerprint density at radius 3 is 1.20 bits per heavy atom. The van der Waals surface area contributed by atoms with Crippen LogP contribution in [0, 0.1) is 34.6 Å². The fourth-order valence-electron chi connectivity index (χ4n) is 7.74. The van der Waals surface area contributed by atoms with E-state index in [0.717, 1.165) is 44.3 Å². The van der Waals surface area contributed by atoms with Crippen LogP contribution in [0.2, 0.25) is 0 Å². The van der Waals surface area contributed by atoms with Gasteiger partial charge in [-0.2, -0.15) is 0 Å². The lowest BCUT2D eigenvalue weighted by Gasteiger charge is -2.27. The number of nitrogens with zero attached hydrogens (tertiary/aromatic N) is 1. The molecule has 248 valence electrons. The molecule has 0 saturated heterocycles. The Morgan fingerprint density at radius 1 is 0.431 bits per heavy atom. The van der Waals surface area contributed by atoms with E-state index in [-0.39, 0.29) is 17.6 Å². The number of Topliss-reactive ketones (excluding diaryl/α,β-unsaturated/α-hetero) is 1. The average Bonchev–Trinajstić information content (AvgIpc) is 3.41. The molecule has 2 heteroatoms. The van der Waals surface area contributed by atoms with Gasteiger partial charge in [0.15, 0.2) is 0 Å². The molecule has 0 bridgehead atoms. The molecular formula is C49H41NO. The number of aryl methyl sites for hydroxylation is 5.